The van der Waals surface area contributed by atoms with Gasteiger partial charge in [0.25, 0.3) is 11.8 Å². The van der Waals surface area contributed by atoms with E-state index in [0.717, 1.165) is 29.7 Å². The Balaban J connectivity index is 0.00000141. The van der Waals surface area contributed by atoms with E-state index in [2.05, 4.69) is 29.7 Å². The van der Waals surface area contributed by atoms with Crippen LogP contribution < -0.4 is 5.73 Å². The van der Waals surface area contributed by atoms with Gasteiger partial charge in [-0.25, -0.2) is 9.37 Å². The molecule has 0 saturated heterocycles. The van der Waals surface area contributed by atoms with Crippen molar-refractivity contribution in [1.29, 1.82) is 0 Å². The lowest BCUT2D eigenvalue weighted by atomic mass is 9.71. The summed E-state index contributed by atoms with van der Waals surface area (Å²) in [6, 6.07) is 3.05. The Morgan fingerprint density at radius 3 is 2.62 bits per heavy atom. The molecule has 3 N–H and O–H groups in total. The van der Waals surface area contributed by atoms with Crippen LogP contribution in [0.2, 0.25) is 0 Å². The minimum atomic E-state index is -1.53. The fourth-order valence-electron chi connectivity index (χ4n) is 4.29. The third-order valence-electron chi connectivity index (χ3n) is 6.15. The van der Waals surface area contributed by atoms with Gasteiger partial charge in [-0.15, -0.1) is 12.8 Å². The van der Waals surface area contributed by atoms with Crippen molar-refractivity contribution in [3.05, 3.63) is 40.6 Å². The number of nitrogens with two attached hydrogens (primary N) is 1. The van der Waals surface area contributed by atoms with E-state index < -0.39 is 23.7 Å². The van der Waals surface area contributed by atoms with Crippen LogP contribution in [-0.4, -0.2) is 51.1 Å². The largest absolute Gasteiger partial charge is 0.372 e. The molecule has 166 valence electrons. The van der Waals surface area contributed by atoms with Crippen molar-refractivity contribution in [3.8, 4) is 35.9 Å². The lowest BCUT2D eigenvalue weighted by molar-refractivity contribution is -0.135. The smallest absolute Gasteiger partial charge is 0.284 e. The van der Waals surface area contributed by atoms with E-state index in [1.807, 2.05) is 0 Å². The molecule has 2 aromatic rings. The molecule has 8 heteroatoms. The van der Waals surface area contributed by atoms with Crippen LogP contribution in [0.4, 0.5) is 4.39 Å². The molecule has 1 aromatic carbocycles. The number of aliphatic hydroxyl groups excluding tert-OH is 1. The fourth-order valence-corrected chi connectivity index (χ4v) is 4.29. The van der Waals surface area contributed by atoms with E-state index in [1.54, 1.807) is 31.7 Å². The summed E-state index contributed by atoms with van der Waals surface area (Å²) < 4.78 is 16.5. The minimum absolute atomic E-state index is 0.0658. The van der Waals surface area contributed by atoms with Crippen LogP contribution in [0.1, 0.15) is 59.0 Å². The number of terminal acetylenes is 1. The van der Waals surface area contributed by atoms with Crippen LogP contribution >= 0.6 is 0 Å². The van der Waals surface area contributed by atoms with Gasteiger partial charge >= 0.3 is 0 Å². The Morgan fingerprint density at radius 1 is 1.38 bits per heavy atom. The first kappa shape index (κ1) is 23.1. The number of primary amides is 1. The van der Waals surface area contributed by atoms with E-state index in [1.165, 1.54) is 11.0 Å². The third kappa shape index (κ3) is 3.74. The maximum atomic E-state index is 14.8. The second-order valence-electron chi connectivity index (χ2n) is 7.90. The van der Waals surface area contributed by atoms with Gasteiger partial charge in [0.15, 0.2) is 11.9 Å². The third-order valence-corrected chi connectivity index (χ3v) is 6.15. The van der Waals surface area contributed by atoms with Crippen molar-refractivity contribution < 1.29 is 19.1 Å². The molecule has 0 radical (unpaired) electrons. The molecular weight excluding hydrogens is 411 g/mol. The molecule has 0 unspecified atom stereocenters. The molecule has 5 rings (SSSR count). The van der Waals surface area contributed by atoms with E-state index in [0.29, 0.717) is 12.2 Å². The average Bonchev–Trinajstić information content (AvgIpc) is 2.95. The van der Waals surface area contributed by atoms with Gasteiger partial charge in [0.2, 0.25) is 0 Å². The van der Waals surface area contributed by atoms with Crippen molar-refractivity contribution >= 4 is 11.8 Å². The van der Waals surface area contributed by atoms with Gasteiger partial charge in [0.05, 0.1) is 11.3 Å². The first-order valence-corrected chi connectivity index (χ1v) is 10.2. The molecule has 7 nitrogen and oxygen atoms in total. The maximum absolute atomic E-state index is 14.8. The standard InChI is InChI=1S/C22H23FN4O3.C2H2/c1-4-26(2)22(30)17(28)6-5-11-9-15-14(10-16(11)23)12-7-13(8-12)19-18(15)25-21(20(24)29)27(19)3;1-2/h9-10,12-13,17,28H,4,7-8H2,1-3H3,(H2,24,29);1-2H/t12?,13?,17-;/m0./s1. The maximum Gasteiger partial charge on any atom is 0.284 e. The molecule has 0 aliphatic heterocycles. The van der Waals surface area contributed by atoms with Crippen LogP contribution in [0.3, 0.4) is 0 Å². The summed E-state index contributed by atoms with van der Waals surface area (Å²) >= 11 is 0. The molecule has 1 fully saturated rings. The van der Waals surface area contributed by atoms with Gasteiger partial charge in [0.1, 0.15) is 5.82 Å². The number of halogens is 1. The van der Waals surface area contributed by atoms with E-state index in [9.17, 15) is 19.1 Å². The number of aliphatic hydroxyl groups is 1. The molecule has 1 saturated carbocycles. The van der Waals surface area contributed by atoms with Crippen molar-refractivity contribution in [2.24, 2.45) is 12.8 Å². The van der Waals surface area contributed by atoms with Gasteiger partial charge in [0, 0.05) is 37.8 Å². The molecule has 2 bridgehead atoms. The lowest BCUT2D eigenvalue weighted by Gasteiger charge is -2.34. The molecule has 1 aromatic heterocycles. The number of amides is 2. The summed E-state index contributed by atoms with van der Waals surface area (Å²) in [6.45, 7) is 2.21. The normalized spacial score (nSPS) is 18.2. The van der Waals surface area contributed by atoms with E-state index >= 15 is 0 Å². The molecule has 1 heterocycles. The number of carbonyl (C=O) groups excluding carboxylic acids is 2. The fraction of sp³-hybridized carbons (Fsp3) is 0.375. The summed E-state index contributed by atoms with van der Waals surface area (Å²) in [5.74, 6) is 3.98. The molecule has 0 spiro atoms. The highest BCUT2D eigenvalue weighted by Crippen LogP contribution is 2.55. The van der Waals surface area contributed by atoms with Crippen LogP contribution in [-0.2, 0) is 11.8 Å². The van der Waals surface area contributed by atoms with Crippen LogP contribution in [0.25, 0.3) is 11.3 Å². The monoisotopic (exact) mass is 436 g/mol. The molecule has 2 amide bonds. The predicted octanol–water partition coefficient (Wildman–Crippen LogP) is 1.74. The zero-order valence-corrected chi connectivity index (χ0v) is 18.2. The highest BCUT2D eigenvalue weighted by atomic mass is 19.1. The molecular formula is C24H25FN4O3. The summed E-state index contributed by atoms with van der Waals surface area (Å²) in [5.41, 5.74) is 8.64. The summed E-state index contributed by atoms with van der Waals surface area (Å²) in [5, 5.41) is 10.0. The summed E-state index contributed by atoms with van der Waals surface area (Å²) in [4.78, 5) is 29.6. The number of carbonyl (C=O) groups is 2. The summed E-state index contributed by atoms with van der Waals surface area (Å²) in [6.07, 6.45) is 8.19. The highest BCUT2D eigenvalue weighted by molar-refractivity contribution is 5.91. The predicted molar refractivity (Wildman–Crippen MR) is 118 cm³/mol. The Morgan fingerprint density at radius 2 is 2.03 bits per heavy atom. The average molecular weight is 436 g/mol. The van der Waals surface area contributed by atoms with Crippen LogP contribution in [0.5, 0.6) is 0 Å². The van der Waals surface area contributed by atoms with Gasteiger partial charge in [-0.3, -0.25) is 9.59 Å². The Labute approximate surface area is 186 Å². The topological polar surface area (TPSA) is 101 Å². The minimum Gasteiger partial charge on any atom is -0.372 e. The van der Waals surface area contributed by atoms with Crippen molar-refractivity contribution in [3.63, 3.8) is 0 Å². The lowest BCUT2D eigenvalue weighted by Crippen LogP contribution is -2.35. The van der Waals surface area contributed by atoms with Crippen LogP contribution in [0, 0.1) is 30.5 Å². The quantitative estimate of drug-likeness (QED) is 0.716. The molecule has 32 heavy (non-hydrogen) atoms. The van der Waals surface area contributed by atoms with E-state index in [-0.39, 0.29) is 23.2 Å². The number of hydrogen-bond acceptors (Lipinski definition) is 4. The number of likely N-dealkylation sites (N-methyl/N-ethyl adjacent to an activating group) is 1. The second kappa shape index (κ2) is 8.86. The number of hydrogen-bond donors (Lipinski definition) is 2. The van der Waals surface area contributed by atoms with Crippen LogP contribution in [0.15, 0.2) is 12.1 Å². The molecule has 1 atom stereocenters. The Kier molecular flexibility index (Phi) is 6.38. The van der Waals surface area contributed by atoms with Gasteiger partial charge < -0.3 is 20.3 Å². The zero-order chi connectivity index (χ0) is 23.7. The Hall–Kier alpha value is -3.62. The first-order valence-electron chi connectivity index (χ1n) is 10.2. The number of benzene rings is 1. The van der Waals surface area contributed by atoms with Gasteiger partial charge in [-0.1, -0.05) is 11.8 Å². The SMILES string of the molecule is C#C.CCN(C)C(=O)[C@@H](O)C#Cc1cc2c(cc1F)C1CC(C1)c1c-2nc(C(N)=O)n1C. The zero-order valence-electron chi connectivity index (χ0n) is 18.2. The Bertz CT molecular complexity index is 1170. The highest BCUT2D eigenvalue weighted by Gasteiger charge is 2.41. The van der Waals surface area contributed by atoms with E-state index in [4.69, 9.17) is 5.73 Å². The van der Waals surface area contributed by atoms with Crippen molar-refractivity contribution in [2.45, 2.75) is 37.7 Å². The summed E-state index contributed by atoms with van der Waals surface area (Å²) in [7, 11) is 3.32. The molecule has 3 aliphatic rings. The number of nitrogens with zero attached hydrogens (tertiary/aromatic N) is 3. The van der Waals surface area contributed by atoms with Gasteiger partial charge in [-0.05, 0) is 43.4 Å². The second-order valence-corrected chi connectivity index (χ2v) is 7.90. The van der Waals surface area contributed by atoms with Crippen molar-refractivity contribution in [1.82, 2.24) is 14.5 Å². The molecule has 3 aliphatic carbocycles. The van der Waals surface area contributed by atoms with Crippen molar-refractivity contribution in [2.75, 3.05) is 13.6 Å². The van der Waals surface area contributed by atoms with Gasteiger partial charge in [-0.2, -0.15) is 0 Å². The number of rotatable bonds is 3. The first-order chi connectivity index (χ1) is 15.2. The number of aromatic nitrogens is 2. The number of imidazole rings is 1.